The molecule has 2 aromatic heterocycles. The fourth-order valence-electron chi connectivity index (χ4n) is 6.51. The van der Waals surface area contributed by atoms with Gasteiger partial charge in [0.1, 0.15) is 17.9 Å². The third-order valence-corrected chi connectivity index (χ3v) is 11.1. The molecule has 7 rings (SSSR count). The molecule has 2 aromatic carbocycles. The summed E-state index contributed by atoms with van der Waals surface area (Å²) in [5, 5.41) is 2.81. The molecular formula is C32H29Cl2N9O5S. The Morgan fingerprint density at radius 3 is 2.39 bits per heavy atom. The third-order valence-electron chi connectivity index (χ3n) is 8.84. The normalized spacial score (nSPS) is 21.9. The molecule has 2 fully saturated rings. The van der Waals surface area contributed by atoms with Crippen molar-refractivity contribution in [1.82, 2.24) is 34.0 Å². The number of anilines is 2. The minimum Gasteiger partial charge on any atom is -0.336 e. The molecule has 3 amide bonds. The van der Waals surface area contributed by atoms with Crippen molar-refractivity contribution >= 4 is 68.5 Å². The molecule has 2 saturated heterocycles. The summed E-state index contributed by atoms with van der Waals surface area (Å²) in [7, 11) is -2.83. The van der Waals surface area contributed by atoms with Crippen molar-refractivity contribution < 1.29 is 22.8 Å². The summed E-state index contributed by atoms with van der Waals surface area (Å²) in [4.78, 5) is 59.2. The summed E-state index contributed by atoms with van der Waals surface area (Å²) in [6, 6.07) is 11.0. The smallest absolute Gasteiger partial charge is 0.267 e. The zero-order chi connectivity index (χ0) is 34.7. The van der Waals surface area contributed by atoms with E-state index in [1.54, 1.807) is 38.5 Å². The van der Waals surface area contributed by atoms with Crippen molar-refractivity contribution in [2.75, 3.05) is 25.0 Å². The number of carbonyl (C=O) groups is 3. The Labute approximate surface area is 291 Å². The van der Waals surface area contributed by atoms with E-state index in [2.05, 4.69) is 25.3 Å². The number of aromatic nitrogens is 4. The molecule has 4 aromatic rings. The zero-order valence-electron chi connectivity index (χ0n) is 26.2. The average molecular weight is 723 g/mol. The van der Waals surface area contributed by atoms with Crippen LogP contribution in [0, 0.1) is 0 Å². The number of sulfonamides is 1. The van der Waals surface area contributed by atoms with Crippen LogP contribution in [0.1, 0.15) is 25.3 Å². The number of nitrogens with zero attached hydrogens (tertiary/aromatic N) is 8. The van der Waals surface area contributed by atoms with Gasteiger partial charge in [0.15, 0.2) is 5.03 Å². The predicted octanol–water partition coefficient (Wildman–Crippen LogP) is 3.38. The minimum atomic E-state index is -4.43. The number of likely N-dealkylation sites (N-methyl/N-ethyl adjacent to an activating group) is 1. The largest absolute Gasteiger partial charge is 0.336 e. The van der Waals surface area contributed by atoms with Crippen molar-refractivity contribution in [3.05, 3.63) is 83.0 Å². The number of rotatable bonds is 7. The maximum absolute atomic E-state index is 14.5. The molecule has 1 N–H and O–H groups in total. The van der Waals surface area contributed by atoms with Crippen LogP contribution in [-0.2, 0) is 36.4 Å². The number of halogens is 2. The Balaban J connectivity index is 1.29. The van der Waals surface area contributed by atoms with Crippen LogP contribution in [0.5, 0.6) is 0 Å². The van der Waals surface area contributed by atoms with Crippen LogP contribution in [-0.4, -0.2) is 87.0 Å². The summed E-state index contributed by atoms with van der Waals surface area (Å²) in [6.45, 7) is 1.74. The van der Waals surface area contributed by atoms with Crippen molar-refractivity contribution in [3.63, 3.8) is 0 Å². The van der Waals surface area contributed by atoms with E-state index in [9.17, 15) is 22.8 Å². The fourth-order valence-corrected chi connectivity index (χ4v) is 8.87. The molecule has 0 saturated carbocycles. The first-order valence-corrected chi connectivity index (χ1v) is 17.4. The van der Waals surface area contributed by atoms with Gasteiger partial charge in [-0.05, 0) is 49.1 Å². The molecule has 2 unspecified atom stereocenters. The van der Waals surface area contributed by atoms with Gasteiger partial charge in [0, 0.05) is 48.0 Å². The highest BCUT2D eigenvalue weighted by Crippen LogP contribution is 2.45. The van der Waals surface area contributed by atoms with E-state index < -0.39 is 33.4 Å². The molecule has 5 heterocycles. The van der Waals surface area contributed by atoms with Gasteiger partial charge in [0.25, 0.3) is 21.8 Å². The van der Waals surface area contributed by atoms with Gasteiger partial charge < -0.3 is 4.90 Å². The topological polar surface area (TPSA) is 163 Å². The predicted molar refractivity (Wildman–Crippen MR) is 181 cm³/mol. The van der Waals surface area contributed by atoms with E-state index in [1.807, 2.05) is 24.3 Å². The van der Waals surface area contributed by atoms with Gasteiger partial charge in [-0.1, -0.05) is 47.5 Å². The van der Waals surface area contributed by atoms with E-state index >= 15 is 0 Å². The monoisotopic (exact) mass is 721 g/mol. The summed E-state index contributed by atoms with van der Waals surface area (Å²) >= 11 is 12.7. The van der Waals surface area contributed by atoms with E-state index in [-0.39, 0.29) is 58.8 Å². The number of imidazole rings is 1. The molecule has 3 aliphatic heterocycles. The Morgan fingerprint density at radius 2 is 1.73 bits per heavy atom. The van der Waals surface area contributed by atoms with Crippen LogP contribution < -0.4 is 10.2 Å². The lowest BCUT2D eigenvalue weighted by atomic mass is 9.91. The zero-order valence-corrected chi connectivity index (χ0v) is 28.6. The summed E-state index contributed by atoms with van der Waals surface area (Å²) < 4.78 is 31.6. The van der Waals surface area contributed by atoms with Gasteiger partial charge in [-0.3, -0.25) is 24.3 Å². The van der Waals surface area contributed by atoms with Crippen molar-refractivity contribution in [2.45, 2.75) is 42.8 Å². The molecule has 0 radical (unpaired) electrons. The number of aliphatic imine (C=N–C) groups is 1. The van der Waals surface area contributed by atoms with Crippen LogP contribution in [0.3, 0.4) is 0 Å². The van der Waals surface area contributed by atoms with Crippen LogP contribution in [0.25, 0.3) is 11.1 Å². The van der Waals surface area contributed by atoms with E-state index in [1.165, 1.54) is 33.0 Å². The lowest BCUT2D eigenvalue weighted by Gasteiger charge is -2.28. The molecule has 2 atom stereocenters. The second-order valence-corrected chi connectivity index (χ2v) is 14.9. The van der Waals surface area contributed by atoms with E-state index in [4.69, 9.17) is 23.2 Å². The van der Waals surface area contributed by atoms with Gasteiger partial charge in [-0.2, -0.15) is 9.30 Å². The number of carbonyl (C=O) groups excluding carboxylic acids is 3. The Bertz CT molecular complexity index is 2120. The standard InChI is InChI=1S/C32H29Cl2N9O5S/c1-32(13-19-5-7-20(8-6-19)21-14-35-18-36-15-21)29(46)42(24-11-22(33)10-23(34)12-24)31-37-16-27(43(31)32)49(47,48)41-9-3-4-25(41)28(45)39-30-38-26(44)17-40(30)2/h5-8,10-12,14-16,18,25H,3-4,9,13,17H2,1-2H3,(H,38,39,44,45). The van der Waals surface area contributed by atoms with Crippen LogP contribution in [0.4, 0.5) is 11.6 Å². The fraction of sp³-hybridized carbons (Fsp3) is 0.281. The number of guanidine groups is 1. The molecule has 0 bridgehead atoms. The number of fused-ring (bicyclic) bond motifs is 1. The summed E-state index contributed by atoms with van der Waals surface area (Å²) in [6.07, 6.45) is 6.76. The lowest BCUT2D eigenvalue weighted by molar-refractivity contribution is -0.124. The Hall–Kier alpha value is -4.70. The highest BCUT2D eigenvalue weighted by Gasteiger charge is 2.53. The molecule has 3 aliphatic rings. The third kappa shape index (κ3) is 5.75. The first-order valence-electron chi connectivity index (χ1n) is 15.3. The SMILES string of the molecule is CN1CC(=O)NC1=NC(=O)C1CCCN1S(=O)(=O)c1cnc2n1C(C)(Cc1ccc(-c3cncnc3)cc1)C(=O)N2c1cc(Cl)cc(Cl)c1. The molecular weight excluding hydrogens is 693 g/mol. The summed E-state index contributed by atoms with van der Waals surface area (Å²) in [5.74, 6) is -1.36. The maximum atomic E-state index is 14.5. The number of amides is 3. The molecule has 17 heteroatoms. The average Bonchev–Trinajstić information content (AvgIpc) is 3.84. The number of nitrogens with one attached hydrogen (secondary N) is 1. The van der Waals surface area contributed by atoms with Crippen molar-refractivity contribution in [1.29, 1.82) is 0 Å². The van der Waals surface area contributed by atoms with Crippen molar-refractivity contribution in [3.8, 4) is 11.1 Å². The molecule has 14 nitrogen and oxygen atoms in total. The highest BCUT2D eigenvalue weighted by atomic mass is 35.5. The number of hydrogen-bond donors (Lipinski definition) is 1. The molecule has 49 heavy (non-hydrogen) atoms. The lowest BCUT2D eigenvalue weighted by Crippen LogP contribution is -2.45. The maximum Gasteiger partial charge on any atom is 0.267 e. The van der Waals surface area contributed by atoms with Gasteiger partial charge >= 0.3 is 0 Å². The van der Waals surface area contributed by atoms with Crippen LogP contribution in [0.15, 0.2) is 77.4 Å². The second kappa shape index (κ2) is 12.3. The highest BCUT2D eigenvalue weighted by molar-refractivity contribution is 7.89. The summed E-state index contributed by atoms with van der Waals surface area (Å²) in [5.41, 5.74) is 1.25. The van der Waals surface area contributed by atoms with E-state index in [0.29, 0.717) is 12.1 Å². The first-order chi connectivity index (χ1) is 23.4. The second-order valence-electron chi connectivity index (χ2n) is 12.2. The van der Waals surface area contributed by atoms with Gasteiger partial charge in [0.2, 0.25) is 17.8 Å². The first kappa shape index (κ1) is 32.8. The molecule has 0 spiro atoms. The quantitative estimate of drug-likeness (QED) is 0.301. The van der Waals surface area contributed by atoms with E-state index in [0.717, 1.165) is 21.0 Å². The minimum absolute atomic E-state index is 0.0328. The molecule has 0 aliphatic carbocycles. The van der Waals surface area contributed by atoms with Gasteiger partial charge in [-0.15, -0.1) is 0 Å². The Kier molecular flexibility index (Phi) is 8.25. The Morgan fingerprint density at radius 1 is 1.04 bits per heavy atom. The van der Waals surface area contributed by atoms with Crippen molar-refractivity contribution in [2.24, 2.45) is 4.99 Å². The van der Waals surface area contributed by atoms with Gasteiger partial charge in [-0.25, -0.2) is 28.3 Å². The van der Waals surface area contributed by atoms with Gasteiger partial charge in [0.05, 0.1) is 18.4 Å². The number of benzene rings is 2. The molecule has 252 valence electrons. The van der Waals surface area contributed by atoms with Crippen LogP contribution in [0.2, 0.25) is 10.0 Å². The number of hydrogen-bond acceptors (Lipinski definition) is 8. The van der Waals surface area contributed by atoms with Crippen LogP contribution >= 0.6 is 23.2 Å².